The predicted molar refractivity (Wildman–Crippen MR) is 243 cm³/mol. The largest absolute Gasteiger partial charge is 0.467 e. The molecule has 4 nitrogen and oxygen atoms in total. The van der Waals surface area contributed by atoms with E-state index in [0.29, 0.717) is 11.3 Å². The van der Waals surface area contributed by atoms with Crippen LogP contribution in [0.3, 0.4) is 0 Å². The summed E-state index contributed by atoms with van der Waals surface area (Å²) >= 11 is 0. The van der Waals surface area contributed by atoms with Crippen LogP contribution in [0.4, 0.5) is 5.69 Å². The molecule has 0 atom stereocenters. The van der Waals surface area contributed by atoms with Crippen LogP contribution < -0.4 is 0 Å². The van der Waals surface area contributed by atoms with Crippen LogP contribution in [-0.2, 0) is 21.7 Å². The molecule has 0 unspecified atom stereocenters. The van der Waals surface area contributed by atoms with Crippen molar-refractivity contribution in [3.05, 3.63) is 137 Å². The molecule has 0 aliphatic heterocycles. The van der Waals surface area contributed by atoms with Crippen molar-refractivity contribution in [2.45, 2.75) is 105 Å². The third kappa shape index (κ3) is 5.69. The molecule has 0 spiro atoms. The fourth-order valence-corrected chi connectivity index (χ4v) is 8.75. The molecule has 3 heterocycles. The van der Waals surface area contributed by atoms with Gasteiger partial charge in [0.25, 0.3) is 0 Å². The summed E-state index contributed by atoms with van der Waals surface area (Å²) in [4.78, 5) is 4.18. The summed E-state index contributed by atoms with van der Waals surface area (Å²) in [5, 5.41) is 6.80. The van der Waals surface area contributed by atoms with E-state index in [9.17, 15) is 0 Å². The molecule has 0 fully saturated rings. The highest BCUT2D eigenvalue weighted by atomic mass is 16.3. The molecule has 0 bridgehead atoms. The summed E-state index contributed by atoms with van der Waals surface area (Å²) in [7, 11) is 0. The van der Waals surface area contributed by atoms with Crippen LogP contribution in [0.1, 0.15) is 105 Å². The minimum absolute atomic E-state index is 0.0257. The Balaban J connectivity index is 1.53. The maximum atomic E-state index is 8.56. The molecular weight excluding hydrogens is 695 g/mol. The summed E-state index contributed by atoms with van der Waals surface area (Å²) in [6.45, 7) is 36.0. The zero-order valence-corrected chi connectivity index (χ0v) is 35.6. The van der Waals surface area contributed by atoms with Gasteiger partial charge in [-0.15, -0.1) is 0 Å². The van der Waals surface area contributed by atoms with E-state index in [1.165, 1.54) is 43.8 Å². The Hall–Kier alpha value is -5.79. The van der Waals surface area contributed by atoms with Gasteiger partial charge in [0, 0.05) is 32.3 Å². The van der Waals surface area contributed by atoms with E-state index in [2.05, 4.69) is 188 Å². The van der Waals surface area contributed by atoms with Crippen LogP contribution in [0.15, 0.2) is 108 Å². The first-order valence-electron chi connectivity index (χ1n) is 20.3. The number of rotatable bonds is 2. The zero-order chi connectivity index (χ0) is 40.6. The first-order chi connectivity index (χ1) is 26.8. The van der Waals surface area contributed by atoms with E-state index in [1.807, 2.05) is 12.1 Å². The van der Waals surface area contributed by atoms with Crippen molar-refractivity contribution in [1.82, 2.24) is 9.13 Å². The van der Waals surface area contributed by atoms with E-state index in [4.69, 9.17) is 11.0 Å². The van der Waals surface area contributed by atoms with Gasteiger partial charge in [0.15, 0.2) is 0 Å². The van der Waals surface area contributed by atoms with Crippen LogP contribution in [0.25, 0.3) is 81.8 Å². The highest BCUT2D eigenvalue weighted by Crippen LogP contribution is 2.48. The fourth-order valence-electron chi connectivity index (χ4n) is 8.75. The van der Waals surface area contributed by atoms with Crippen molar-refractivity contribution in [2.24, 2.45) is 0 Å². The minimum Gasteiger partial charge on any atom is -0.467 e. The van der Waals surface area contributed by atoms with Crippen molar-refractivity contribution >= 4 is 71.2 Å². The molecule has 4 heteroatoms. The van der Waals surface area contributed by atoms with Gasteiger partial charge in [0.2, 0.25) is 5.69 Å². The predicted octanol–water partition coefficient (Wildman–Crippen LogP) is 15.5. The first-order valence-corrected chi connectivity index (χ1v) is 20.3. The maximum absolute atomic E-state index is 8.56. The quantitative estimate of drug-likeness (QED) is 0.162. The van der Waals surface area contributed by atoms with Gasteiger partial charge in [0.05, 0.1) is 40.0 Å². The van der Waals surface area contributed by atoms with Crippen molar-refractivity contribution in [1.29, 1.82) is 0 Å². The molecule has 0 aliphatic rings. The fraction of sp³-hybridized carbons (Fsp3) is 0.302. The minimum atomic E-state index is -0.0263. The number of nitrogens with zero attached hydrogens (tertiary/aromatic N) is 3. The Morgan fingerprint density at radius 2 is 0.842 bits per heavy atom. The van der Waals surface area contributed by atoms with Gasteiger partial charge in [-0.3, -0.25) is 0 Å². The Kier molecular flexibility index (Phi) is 7.82. The normalized spacial score (nSPS) is 13.2. The second-order valence-electron chi connectivity index (χ2n) is 20.3. The molecule has 0 aliphatic carbocycles. The lowest BCUT2D eigenvalue weighted by atomic mass is 9.85. The lowest BCUT2D eigenvalue weighted by molar-refractivity contribution is 0.590. The Morgan fingerprint density at radius 1 is 0.456 bits per heavy atom. The van der Waals surface area contributed by atoms with Gasteiger partial charge in [-0.2, -0.15) is 0 Å². The number of hydrogen-bond donors (Lipinski definition) is 0. The third-order valence-corrected chi connectivity index (χ3v) is 12.2. The number of aromatic nitrogens is 2. The van der Waals surface area contributed by atoms with E-state index in [-0.39, 0.29) is 21.7 Å². The van der Waals surface area contributed by atoms with Crippen LogP contribution >= 0.6 is 0 Å². The van der Waals surface area contributed by atoms with E-state index >= 15 is 0 Å². The van der Waals surface area contributed by atoms with Gasteiger partial charge in [0.1, 0.15) is 11.2 Å². The zero-order valence-electron chi connectivity index (χ0n) is 35.6. The summed E-state index contributed by atoms with van der Waals surface area (Å²) < 4.78 is 11.6. The van der Waals surface area contributed by atoms with E-state index in [0.717, 1.165) is 49.8 Å². The molecule has 0 N–H and O–H groups in total. The molecule has 0 amide bonds. The van der Waals surface area contributed by atoms with Crippen molar-refractivity contribution in [3.63, 3.8) is 0 Å². The lowest BCUT2D eigenvalue weighted by Crippen LogP contribution is -2.11. The summed E-state index contributed by atoms with van der Waals surface area (Å²) in [6, 6.07) is 38.3. The molecule has 0 radical (unpaired) electrons. The molecule has 3 aromatic heterocycles. The average Bonchev–Trinajstić information content (AvgIpc) is 3.80. The van der Waals surface area contributed by atoms with Gasteiger partial charge in [-0.1, -0.05) is 126 Å². The van der Waals surface area contributed by atoms with Gasteiger partial charge in [-0.05, 0) is 105 Å². The van der Waals surface area contributed by atoms with Gasteiger partial charge < -0.3 is 13.6 Å². The average molecular weight is 748 g/mol. The Morgan fingerprint density at radius 3 is 1.23 bits per heavy atom. The number of benzene rings is 6. The SMILES string of the molecule is [C-]#[N+]c1cc(-n2c3ccc(C(C)(C)C)cc3c3cc(C(C)(C)C)ccc32)c(-n2c3ccc(C(C)(C)C)cc3c3cc(C(C)(C)C)ccc32)c2c1oc1ccccc12. The first kappa shape index (κ1) is 36.8. The van der Waals surface area contributed by atoms with E-state index < -0.39 is 0 Å². The highest BCUT2D eigenvalue weighted by molar-refractivity contribution is 6.19. The summed E-state index contributed by atoms with van der Waals surface area (Å²) in [5.41, 5.74) is 13.4. The second kappa shape index (κ2) is 12.1. The standard InChI is InChI=1S/C53H53N3O/c1-50(2,3)31-18-22-41-36(26-31)37-27-32(51(4,5)6)19-23-42(37)55(41)45-30-40(54-13)49-47(35-16-14-15-17-46(35)57-49)48(45)56-43-24-20-33(52(7,8)9)28-38(43)39-29-34(53(10,11)12)21-25-44(39)56/h14-30H,1-12H3. The van der Waals surface area contributed by atoms with Crippen molar-refractivity contribution in [3.8, 4) is 11.4 Å². The Bertz CT molecular complexity index is 3020. The lowest BCUT2D eigenvalue weighted by Gasteiger charge is -2.21. The van der Waals surface area contributed by atoms with Gasteiger partial charge >= 0.3 is 0 Å². The van der Waals surface area contributed by atoms with Crippen LogP contribution in [0.5, 0.6) is 0 Å². The number of fused-ring (bicyclic) bond motifs is 9. The maximum Gasteiger partial charge on any atom is 0.231 e. The van der Waals surface area contributed by atoms with E-state index in [1.54, 1.807) is 0 Å². The highest BCUT2D eigenvalue weighted by Gasteiger charge is 2.29. The number of hydrogen-bond acceptors (Lipinski definition) is 1. The smallest absolute Gasteiger partial charge is 0.231 e. The summed E-state index contributed by atoms with van der Waals surface area (Å²) in [6.07, 6.45) is 0. The summed E-state index contributed by atoms with van der Waals surface area (Å²) in [5.74, 6) is 0. The second-order valence-corrected chi connectivity index (χ2v) is 20.3. The molecule has 9 rings (SSSR count). The molecule has 0 saturated carbocycles. The molecular formula is C53H53N3O. The molecule has 286 valence electrons. The topological polar surface area (TPSA) is 27.4 Å². The third-order valence-electron chi connectivity index (χ3n) is 12.2. The molecule has 0 saturated heterocycles. The van der Waals surface area contributed by atoms with Crippen molar-refractivity contribution < 1.29 is 4.42 Å². The molecule has 57 heavy (non-hydrogen) atoms. The molecule has 9 aromatic rings. The number of para-hydroxylation sites is 1. The van der Waals surface area contributed by atoms with Crippen LogP contribution in [-0.4, -0.2) is 9.13 Å². The molecule has 6 aromatic carbocycles. The number of furan rings is 1. The van der Waals surface area contributed by atoms with Crippen molar-refractivity contribution in [2.75, 3.05) is 0 Å². The van der Waals surface area contributed by atoms with Gasteiger partial charge in [-0.25, -0.2) is 4.85 Å². The monoisotopic (exact) mass is 747 g/mol. The van der Waals surface area contributed by atoms with Crippen LogP contribution in [0, 0.1) is 6.57 Å². The Labute approximate surface area is 336 Å². The van der Waals surface area contributed by atoms with Crippen LogP contribution in [0.2, 0.25) is 0 Å².